The maximum absolute atomic E-state index is 12.3. The van der Waals surface area contributed by atoms with Gasteiger partial charge in [0, 0.05) is 11.3 Å². The Labute approximate surface area is 144 Å². The second-order valence-corrected chi connectivity index (χ2v) is 5.48. The molecule has 8 nitrogen and oxygen atoms in total. The zero-order chi connectivity index (χ0) is 18.0. The van der Waals surface area contributed by atoms with Crippen molar-refractivity contribution in [1.29, 1.82) is 0 Å². The van der Waals surface area contributed by atoms with Crippen LogP contribution in [0, 0.1) is 13.8 Å². The van der Waals surface area contributed by atoms with Crippen LogP contribution >= 0.6 is 0 Å². The summed E-state index contributed by atoms with van der Waals surface area (Å²) in [7, 11) is 3.11. The highest BCUT2D eigenvalue weighted by Gasteiger charge is 2.17. The molecule has 0 saturated carbocycles. The predicted molar refractivity (Wildman–Crippen MR) is 88.9 cm³/mol. The van der Waals surface area contributed by atoms with E-state index >= 15 is 0 Å². The van der Waals surface area contributed by atoms with Gasteiger partial charge in [0.1, 0.15) is 6.42 Å². The van der Waals surface area contributed by atoms with E-state index in [4.69, 9.17) is 13.9 Å². The molecular weight excluding hydrogens is 324 g/mol. The quantitative estimate of drug-likeness (QED) is 0.703. The van der Waals surface area contributed by atoms with Gasteiger partial charge in [-0.2, -0.15) is 5.10 Å². The van der Waals surface area contributed by atoms with Crippen LogP contribution < -0.4 is 9.47 Å². The summed E-state index contributed by atoms with van der Waals surface area (Å²) >= 11 is 0. The molecule has 0 amide bonds. The van der Waals surface area contributed by atoms with Gasteiger partial charge in [0.25, 0.3) is 5.91 Å². The highest BCUT2D eigenvalue weighted by atomic mass is 16.5. The first kappa shape index (κ1) is 16.7. The maximum Gasteiger partial charge on any atom is 0.256 e. The largest absolute Gasteiger partial charge is 0.493 e. The Morgan fingerprint density at radius 1 is 1.12 bits per heavy atom. The lowest BCUT2D eigenvalue weighted by Gasteiger charge is -2.07. The van der Waals surface area contributed by atoms with E-state index in [1.165, 1.54) is 4.68 Å². The van der Waals surface area contributed by atoms with E-state index in [1.807, 2.05) is 19.9 Å². The molecule has 0 aliphatic heterocycles. The zero-order valence-corrected chi connectivity index (χ0v) is 14.4. The molecule has 0 radical (unpaired) electrons. The number of methoxy groups -OCH3 is 2. The van der Waals surface area contributed by atoms with Crippen molar-refractivity contribution in [2.45, 2.75) is 20.3 Å². The molecule has 0 aliphatic rings. The molecule has 2 aromatic heterocycles. The van der Waals surface area contributed by atoms with E-state index in [0.717, 1.165) is 11.4 Å². The Bertz CT molecular complexity index is 913. The van der Waals surface area contributed by atoms with Crippen molar-refractivity contribution in [3.63, 3.8) is 0 Å². The van der Waals surface area contributed by atoms with Crippen LogP contribution in [0.4, 0.5) is 0 Å². The summed E-state index contributed by atoms with van der Waals surface area (Å²) < 4.78 is 17.4. The van der Waals surface area contributed by atoms with Crippen molar-refractivity contribution < 1.29 is 18.7 Å². The SMILES string of the molecule is COc1ccc(-c2nnc(CC(=O)n3nc(C)cc3C)o2)cc1OC. The standard InChI is InChI=1S/C17H18N4O4/c1-10-7-11(2)21(20-10)16(22)9-15-18-19-17(25-15)12-5-6-13(23-3)14(8-12)24-4/h5-8H,9H2,1-4H3. The summed E-state index contributed by atoms with van der Waals surface area (Å²) in [5.74, 6) is 1.46. The first-order chi connectivity index (χ1) is 12.0. The second-order valence-electron chi connectivity index (χ2n) is 5.48. The number of carbonyl (C=O) groups is 1. The first-order valence-electron chi connectivity index (χ1n) is 7.63. The van der Waals surface area contributed by atoms with Crippen LogP contribution in [0.3, 0.4) is 0 Å². The van der Waals surface area contributed by atoms with Gasteiger partial charge in [-0.3, -0.25) is 4.79 Å². The Hall–Kier alpha value is -3.16. The fourth-order valence-corrected chi connectivity index (χ4v) is 2.50. The highest BCUT2D eigenvalue weighted by molar-refractivity contribution is 5.80. The smallest absolute Gasteiger partial charge is 0.256 e. The molecular formula is C17H18N4O4. The summed E-state index contributed by atoms with van der Waals surface area (Å²) in [5.41, 5.74) is 2.22. The lowest BCUT2D eigenvalue weighted by molar-refractivity contribution is 0.0887. The third-order valence-corrected chi connectivity index (χ3v) is 3.65. The normalized spacial score (nSPS) is 10.7. The summed E-state index contributed by atoms with van der Waals surface area (Å²) in [5, 5.41) is 12.1. The molecule has 25 heavy (non-hydrogen) atoms. The second kappa shape index (κ2) is 6.76. The van der Waals surface area contributed by atoms with Crippen LogP contribution in [-0.2, 0) is 6.42 Å². The summed E-state index contributed by atoms with van der Waals surface area (Å²) in [6.45, 7) is 3.65. The minimum Gasteiger partial charge on any atom is -0.493 e. The molecule has 0 spiro atoms. The number of nitrogens with zero attached hydrogens (tertiary/aromatic N) is 4. The number of rotatable bonds is 5. The molecule has 0 saturated heterocycles. The van der Waals surface area contributed by atoms with Gasteiger partial charge in [-0.25, -0.2) is 4.68 Å². The number of aryl methyl sites for hydroxylation is 2. The Morgan fingerprint density at radius 2 is 1.88 bits per heavy atom. The molecule has 0 aliphatic carbocycles. The number of ether oxygens (including phenoxy) is 2. The van der Waals surface area contributed by atoms with Crippen LogP contribution in [0.15, 0.2) is 28.7 Å². The Balaban J connectivity index is 1.81. The number of aromatic nitrogens is 4. The van der Waals surface area contributed by atoms with Crippen molar-refractivity contribution in [3.8, 4) is 23.0 Å². The third-order valence-electron chi connectivity index (χ3n) is 3.65. The van der Waals surface area contributed by atoms with E-state index in [9.17, 15) is 4.79 Å². The maximum atomic E-state index is 12.3. The van der Waals surface area contributed by atoms with Crippen molar-refractivity contribution in [3.05, 3.63) is 41.5 Å². The molecule has 3 aromatic rings. The predicted octanol–water partition coefficient (Wildman–Crippen LogP) is 2.45. The average Bonchev–Trinajstić information content (AvgIpc) is 3.20. The monoisotopic (exact) mass is 342 g/mol. The van der Waals surface area contributed by atoms with Gasteiger partial charge >= 0.3 is 0 Å². The Kier molecular flexibility index (Phi) is 4.51. The number of hydrogen-bond acceptors (Lipinski definition) is 7. The number of carbonyl (C=O) groups excluding carboxylic acids is 1. The van der Waals surface area contributed by atoms with Crippen molar-refractivity contribution in [1.82, 2.24) is 20.0 Å². The van der Waals surface area contributed by atoms with Gasteiger partial charge in [0.15, 0.2) is 11.5 Å². The molecule has 0 fully saturated rings. The van der Waals surface area contributed by atoms with Gasteiger partial charge < -0.3 is 13.9 Å². The van der Waals surface area contributed by atoms with Crippen molar-refractivity contribution in [2.24, 2.45) is 0 Å². The molecule has 0 atom stereocenters. The summed E-state index contributed by atoms with van der Waals surface area (Å²) in [4.78, 5) is 12.3. The molecule has 1 aromatic carbocycles. The van der Waals surface area contributed by atoms with Crippen molar-refractivity contribution in [2.75, 3.05) is 14.2 Å². The van der Waals surface area contributed by atoms with E-state index < -0.39 is 0 Å². The highest BCUT2D eigenvalue weighted by Crippen LogP contribution is 2.31. The minimum absolute atomic E-state index is 0.0255. The van der Waals surface area contributed by atoms with Crippen LogP contribution in [0.25, 0.3) is 11.5 Å². The van der Waals surface area contributed by atoms with Crippen LogP contribution in [0.5, 0.6) is 11.5 Å². The van der Waals surface area contributed by atoms with Gasteiger partial charge in [0.05, 0.1) is 19.9 Å². The number of benzene rings is 1. The van der Waals surface area contributed by atoms with Gasteiger partial charge in [-0.15, -0.1) is 10.2 Å². The van der Waals surface area contributed by atoms with E-state index in [1.54, 1.807) is 32.4 Å². The summed E-state index contributed by atoms with van der Waals surface area (Å²) in [6, 6.07) is 7.10. The molecule has 130 valence electrons. The molecule has 0 bridgehead atoms. The van der Waals surface area contributed by atoms with Gasteiger partial charge in [0.2, 0.25) is 11.8 Å². The van der Waals surface area contributed by atoms with Gasteiger partial charge in [-0.1, -0.05) is 0 Å². The average molecular weight is 342 g/mol. The fraction of sp³-hybridized carbons (Fsp3) is 0.294. The minimum atomic E-state index is -0.229. The fourth-order valence-electron chi connectivity index (χ4n) is 2.50. The van der Waals surface area contributed by atoms with E-state index in [2.05, 4.69) is 15.3 Å². The van der Waals surface area contributed by atoms with Crippen molar-refractivity contribution >= 4 is 5.91 Å². The van der Waals surface area contributed by atoms with Gasteiger partial charge in [-0.05, 0) is 38.1 Å². The lowest BCUT2D eigenvalue weighted by atomic mass is 10.2. The summed E-state index contributed by atoms with van der Waals surface area (Å²) in [6.07, 6.45) is -0.0255. The molecule has 0 N–H and O–H groups in total. The van der Waals surface area contributed by atoms with Crippen LogP contribution in [0.2, 0.25) is 0 Å². The third kappa shape index (κ3) is 3.37. The van der Waals surface area contributed by atoms with E-state index in [0.29, 0.717) is 23.0 Å². The van der Waals surface area contributed by atoms with Crippen LogP contribution in [0.1, 0.15) is 22.1 Å². The topological polar surface area (TPSA) is 92.3 Å². The van der Waals surface area contributed by atoms with Crippen LogP contribution in [-0.4, -0.2) is 40.1 Å². The molecule has 3 rings (SSSR count). The molecule has 2 heterocycles. The zero-order valence-electron chi connectivity index (χ0n) is 14.4. The molecule has 0 unspecified atom stereocenters. The van der Waals surface area contributed by atoms with E-state index in [-0.39, 0.29) is 18.2 Å². The first-order valence-corrected chi connectivity index (χ1v) is 7.63. The number of hydrogen-bond donors (Lipinski definition) is 0. The molecule has 8 heteroatoms. The Morgan fingerprint density at radius 3 is 2.52 bits per heavy atom. The lowest BCUT2D eigenvalue weighted by Crippen LogP contribution is -2.16.